The summed E-state index contributed by atoms with van der Waals surface area (Å²) in [6, 6.07) is 2.05. The van der Waals surface area contributed by atoms with Crippen LogP contribution in [0.2, 0.25) is 0 Å². The number of ether oxygens (including phenoxy) is 2. The first kappa shape index (κ1) is 19.8. The van der Waals surface area contributed by atoms with Crippen LogP contribution in [0.15, 0.2) is 6.07 Å². The third-order valence-electron chi connectivity index (χ3n) is 3.61. The molecule has 0 spiro atoms. The number of hydrogen-bond acceptors (Lipinski definition) is 4. The largest absolute Gasteiger partial charge is 0.446 e. The predicted octanol–water partition coefficient (Wildman–Crippen LogP) is 4.32. The molecule has 0 heterocycles. The van der Waals surface area contributed by atoms with Crippen LogP contribution in [-0.4, -0.2) is 24.4 Å². The van der Waals surface area contributed by atoms with Crippen molar-refractivity contribution in [2.24, 2.45) is 0 Å². The summed E-state index contributed by atoms with van der Waals surface area (Å²) >= 11 is 0. The quantitative estimate of drug-likeness (QED) is 0.835. The third kappa shape index (κ3) is 4.88. The fourth-order valence-electron chi connectivity index (χ4n) is 2.31. The summed E-state index contributed by atoms with van der Waals surface area (Å²) in [6.45, 7) is 14.7. The van der Waals surface area contributed by atoms with E-state index >= 15 is 0 Å². The maximum Gasteiger partial charge on any atom is 0.433 e. The van der Waals surface area contributed by atoms with Crippen LogP contribution in [0.1, 0.15) is 49.9 Å². The van der Waals surface area contributed by atoms with Gasteiger partial charge in [-0.2, -0.15) is 5.01 Å². The van der Waals surface area contributed by atoms with Gasteiger partial charge in [0.05, 0.1) is 17.9 Å². The lowest BCUT2D eigenvalue weighted by atomic mass is 9.98. The topological polar surface area (TPSA) is 67.9 Å². The fourth-order valence-corrected chi connectivity index (χ4v) is 2.31. The number of amides is 2. The van der Waals surface area contributed by atoms with Crippen molar-refractivity contribution >= 4 is 17.9 Å². The molecule has 0 unspecified atom stereocenters. The molecule has 0 aliphatic carbocycles. The van der Waals surface area contributed by atoms with E-state index in [0.29, 0.717) is 5.69 Å². The minimum atomic E-state index is -0.705. The molecule has 0 aromatic heterocycles. The van der Waals surface area contributed by atoms with E-state index in [4.69, 9.17) is 9.47 Å². The zero-order valence-electron chi connectivity index (χ0n) is 15.8. The van der Waals surface area contributed by atoms with Crippen LogP contribution in [0.5, 0.6) is 0 Å². The smallest absolute Gasteiger partial charge is 0.433 e. The van der Waals surface area contributed by atoms with Gasteiger partial charge in [-0.3, -0.25) is 0 Å². The number of nitrogens with zero attached hydrogens (tertiary/aromatic N) is 1. The molecule has 24 heavy (non-hydrogen) atoms. The highest BCUT2D eigenvalue weighted by molar-refractivity contribution is 5.93. The van der Waals surface area contributed by atoms with Gasteiger partial charge in [0.25, 0.3) is 0 Å². The van der Waals surface area contributed by atoms with Crippen LogP contribution in [0.25, 0.3) is 0 Å². The van der Waals surface area contributed by atoms with Crippen molar-refractivity contribution in [2.75, 3.05) is 5.01 Å². The maximum atomic E-state index is 12.5. The summed E-state index contributed by atoms with van der Waals surface area (Å²) in [5.74, 6) is 0. The molecule has 0 bridgehead atoms. The lowest BCUT2D eigenvalue weighted by Crippen LogP contribution is -2.48. The third-order valence-corrected chi connectivity index (χ3v) is 3.61. The Balaban J connectivity index is 3.33. The molecule has 0 aliphatic rings. The van der Waals surface area contributed by atoms with E-state index < -0.39 is 12.2 Å². The van der Waals surface area contributed by atoms with Crippen LogP contribution >= 0.6 is 0 Å². The van der Waals surface area contributed by atoms with Gasteiger partial charge in [-0.15, -0.1) is 0 Å². The van der Waals surface area contributed by atoms with Crippen LogP contribution in [0.3, 0.4) is 0 Å². The number of benzene rings is 1. The van der Waals surface area contributed by atoms with Crippen molar-refractivity contribution in [3.05, 3.63) is 28.3 Å². The Hall–Kier alpha value is -2.24. The van der Waals surface area contributed by atoms with Crippen molar-refractivity contribution in [3.8, 4) is 0 Å². The highest BCUT2D eigenvalue weighted by Crippen LogP contribution is 2.30. The molecule has 0 saturated carbocycles. The summed E-state index contributed by atoms with van der Waals surface area (Å²) in [7, 11) is 0. The van der Waals surface area contributed by atoms with Crippen molar-refractivity contribution in [3.63, 3.8) is 0 Å². The first-order valence-corrected chi connectivity index (χ1v) is 8.10. The van der Waals surface area contributed by atoms with E-state index in [0.717, 1.165) is 27.3 Å². The standard InChI is InChI=1S/C18H28N2O4/c1-10(2)23-17(21)19-20(18(22)24-11(3)4)16-14(7)12(5)9-13(6)15(16)8/h9-11H,1-8H3,(H,19,21). The molecule has 0 fully saturated rings. The fraction of sp³-hybridized carbons (Fsp3) is 0.556. The minimum absolute atomic E-state index is 0.297. The first-order valence-electron chi connectivity index (χ1n) is 8.10. The number of carbonyl (C=O) groups excluding carboxylic acids is 2. The van der Waals surface area contributed by atoms with Crippen LogP contribution in [-0.2, 0) is 9.47 Å². The Morgan fingerprint density at radius 1 is 0.917 bits per heavy atom. The van der Waals surface area contributed by atoms with Crippen LogP contribution < -0.4 is 10.4 Å². The molecule has 0 aliphatic heterocycles. The Kier molecular flexibility index (Phi) is 6.63. The van der Waals surface area contributed by atoms with Crippen LogP contribution in [0.4, 0.5) is 15.3 Å². The van der Waals surface area contributed by atoms with E-state index in [1.54, 1.807) is 27.7 Å². The molecule has 0 radical (unpaired) electrons. The lowest BCUT2D eigenvalue weighted by Gasteiger charge is -2.28. The number of nitrogens with one attached hydrogen (secondary N) is 1. The number of anilines is 1. The molecule has 6 heteroatoms. The Morgan fingerprint density at radius 3 is 1.79 bits per heavy atom. The molecular formula is C18H28N2O4. The average molecular weight is 336 g/mol. The van der Waals surface area contributed by atoms with E-state index in [-0.39, 0.29) is 12.2 Å². The summed E-state index contributed by atoms with van der Waals surface area (Å²) in [6.07, 6.45) is -1.96. The van der Waals surface area contributed by atoms with E-state index in [1.807, 2.05) is 33.8 Å². The van der Waals surface area contributed by atoms with E-state index in [1.165, 1.54) is 0 Å². The van der Waals surface area contributed by atoms with Gasteiger partial charge in [-0.05, 0) is 77.6 Å². The number of hydrazine groups is 1. The summed E-state index contributed by atoms with van der Waals surface area (Å²) in [4.78, 5) is 24.6. The molecular weight excluding hydrogens is 308 g/mol. The highest BCUT2D eigenvalue weighted by atomic mass is 16.6. The Bertz CT molecular complexity index is 598. The van der Waals surface area contributed by atoms with E-state index in [2.05, 4.69) is 5.43 Å². The monoisotopic (exact) mass is 336 g/mol. The van der Waals surface area contributed by atoms with Gasteiger partial charge in [-0.25, -0.2) is 15.0 Å². The molecule has 0 atom stereocenters. The Morgan fingerprint density at radius 2 is 1.38 bits per heavy atom. The zero-order chi connectivity index (χ0) is 18.6. The second-order valence-electron chi connectivity index (χ2n) is 6.44. The molecule has 0 saturated heterocycles. The minimum Gasteiger partial charge on any atom is -0.446 e. The SMILES string of the molecule is Cc1cc(C)c(C)c(N(NC(=O)OC(C)C)C(=O)OC(C)C)c1C. The van der Waals surface area contributed by atoms with E-state index in [9.17, 15) is 9.59 Å². The first-order chi connectivity index (χ1) is 11.0. The second kappa shape index (κ2) is 8.04. The van der Waals surface area contributed by atoms with Gasteiger partial charge in [0.15, 0.2) is 0 Å². The molecule has 2 amide bonds. The predicted molar refractivity (Wildman–Crippen MR) is 94.2 cm³/mol. The summed E-state index contributed by atoms with van der Waals surface area (Å²) in [5.41, 5.74) is 6.94. The molecule has 134 valence electrons. The van der Waals surface area contributed by atoms with Gasteiger partial charge in [0.2, 0.25) is 0 Å². The van der Waals surface area contributed by atoms with Crippen molar-refractivity contribution in [1.29, 1.82) is 0 Å². The summed E-state index contributed by atoms with van der Waals surface area (Å²) in [5, 5.41) is 1.13. The molecule has 1 aromatic rings. The normalized spacial score (nSPS) is 10.8. The van der Waals surface area contributed by atoms with Gasteiger partial charge in [0.1, 0.15) is 0 Å². The number of rotatable bonds is 3. The zero-order valence-corrected chi connectivity index (χ0v) is 15.8. The van der Waals surface area contributed by atoms with Gasteiger partial charge < -0.3 is 9.47 Å². The second-order valence-corrected chi connectivity index (χ2v) is 6.44. The number of carbonyl (C=O) groups is 2. The van der Waals surface area contributed by atoms with Crippen molar-refractivity contribution < 1.29 is 19.1 Å². The average Bonchev–Trinajstić information content (AvgIpc) is 2.42. The molecule has 6 nitrogen and oxygen atoms in total. The van der Waals surface area contributed by atoms with Crippen LogP contribution in [0, 0.1) is 27.7 Å². The highest BCUT2D eigenvalue weighted by Gasteiger charge is 2.26. The number of aryl methyl sites for hydroxylation is 2. The van der Waals surface area contributed by atoms with Crippen molar-refractivity contribution in [2.45, 2.75) is 67.6 Å². The van der Waals surface area contributed by atoms with Crippen molar-refractivity contribution in [1.82, 2.24) is 5.43 Å². The molecule has 1 aromatic carbocycles. The molecule has 1 N–H and O–H groups in total. The summed E-state index contributed by atoms with van der Waals surface area (Å²) < 4.78 is 10.4. The molecule has 1 rings (SSSR count). The van der Waals surface area contributed by atoms with Gasteiger partial charge in [-0.1, -0.05) is 6.07 Å². The number of hydrogen-bond donors (Lipinski definition) is 1. The Labute approximate surface area is 144 Å². The maximum absolute atomic E-state index is 12.5. The van der Waals surface area contributed by atoms with Gasteiger partial charge >= 0.3 is 12.2 Å². The van der Waals surface area contributed by atoms with Gasteiger partial charge in [0, 0.05) is 0 Å². The lowest BCUT2D eigenvalue weighted by molar-refractivity contribution is 0.103.